The minimum absolute atomic E-state index is 0.197. The summed E-state index contributed by atoms with van der Waals surface area (Å²) in [5.74, 6) is 0. The third-order valence-electron chi connectivity index (χ3n) is 2.27. The van der Waals surface area contributed by atoms with E-state index in [0.717, 1.165) is 4.57 Å². The first-order valence-corrected chi connectivity index (χ1v) is 4.21. The number of hydrogen-bond acceptors (Lipinski definition) is 5. The van der Waals surface area contributed by atoms with Gasteiger partial charge >= 0.3 is 5.69 Å². The van der Waals surface area contributed by atoms with E-state index in [-0.39, 0.29) is 16.7 Å². The SMILES string of the molecule is Cn1c(=O)c2c(N)cnnc2n(C)c1=O. The number of aryl methyl sites for hydroxylation is 1. The molecular weight excluding hydrogens is 198 g/mol. The Bertz CT molecular complexity index is 654. The van der Waals surface area contributed by atoms with Gasteiger partial charge in [-0.25, -0.2) is 4.79 Å². The molecule has 0 spiro atoms. The van der Waals surface area contributed by atoms with Crippen molar-refractivity contribution in [2.75, 3.05) is 5.73 Å². The molecule has 0 unspecified atom stereocenters. The van der Waals surface area contributed by atoms with Crippen LogP contribution in [0.15, 0.2) is 15.8 Å². The molecule has 0 fully saturated rings. The lowest BCUT2D eigenvalue weighted by Crippen LogP contribution is -2.37. The second-order valence-corrected chi connectivity index (χ2v) is 3.20. The van der Waals surface area contributed by atoms with E-state index in [1.807, 2.05) is 0 Å². The van der Waals surface area contributed by atoms with Crippen LogP contribution in [-0.4, -0.2) is 19.3 Å². The highest BCUT2D eigenvalue weighted by molar-refractivity contribution is 5.85. The normalized spacial score (nSPS) is 10.8. The topological polar surface area (TPSA) is 95.8 Å². The summed E-state index contributed by atoms with van der Waals surface area (Å²) in [6.45, 7) is 0. The Kier molecular flexibility index (Phi) is 1.82. The molecule has 0 radical (unpaired) electrons. The number of hydrogen-bond donors (Lipinski definition) is 1. The summed E-state index contributed by atoms with van der Waals surface area (Å²) in [5.41, 5.74) is 5.12. The van der Waals surface area contributed by atoms with Crippen LogP contribution in [0.4, 0.5) is 5.69 Å². The Hall–Kier alpha value is -2.18. The van der Waals surface area contributed by atoms with Gasteiger partial charge in [0.25, 0.3) is 5.56 Å². The fourth-order valence-corrected chi connectivity index (χ4v) is 1.41. The molecule has 2 rings (SSSR count). The molecule has 15 heavy (non-hydrogen) atoms. The summed E-state index contributed by atoms with van der Waals surface area (Å²) in [5, 5.41) is 7.54. The Labute approximate surface area is 83.8 Å². The number of aromatic nitrogens is 4. The summed E-state index contributed by atoms with van der Waals surface area (Å²) >= 11 is 0. The highest BCUT2D eigenvalue weighted by atomic mass is 16.2. The van der Waals surface area contributed by atoms with Gasteiger partial charge in [0.1, 0.15) is 5.39 Å². The highest BCUT2D eigenvalue weighted by Gasteiger charge is 2.11. The summed E-state index contributed by atoms with van der Waals surface area (Å²) in [4.78, 5) is 23.3. The molecule has 7 nitrogen and oxygen atoms in total. The van der Waals surface area contributed by atoms with Gasteiger partial charge in [-0.15, -0.1) is 5.10 Å². The number of nitrogens with two attached hydrogens (primary N) is 1. The van der Waals surface area contributed by atoms with E-state index in [1.165, 1.54) is 24.9 Å². The molecule has 0 amide bonds. The van der Waals surface area contributed by atoms with Crippen LogP contribution in [0, 0.1) is 0 Å². The van der Waals surface area contributed by atoms with Crippen molar-refractivity contribution in [1.29, 1.82) is 0 Å². The number of anilines is 1. The van der Waals surface area contributed by atoms with Gasteiger partial charge in [0.05, 0.1) is 11.9 Å². The second-order valence-electron chi connectivity index (χ2n) is 3.20. The summed E-state index contributed by atoms with van der Waals surface area (Å²) in [7, 11) is 2.90. The van der Waals surface area contributed by atoms with Gasteiger partial charge in [0, 0.05) is 14.1 Å². The minimum atomic E-state index is -0.458. The van der Waals surface area contributed by atoms with Crippen LogP contribution in [0.2, 0.25) is 0 Å². The number of nitrogen functional groups attached to an aromatic ring is 1. The summed E-state index contributed by atoms with van der Waals surface area (Å²) < 4.78 is 2.22. The van der Waals surface area contributed by atoms with Crippen LogP contribution in [0.1, 0.15) is 0 Å². The smallest absolute Gasteiger partial charge is 0.332 e. The molecule has 2 N–H and O–H groups in total. The molecule has 7 heteroatoms. The van der Waals surface area contributed by atoms with Gasteiger partial charge in [-0.2, -0.15) is 5.10 Å². The van der Waals surface area contributed by atoms with Crippen molar-refractivity contribution in [2.45, 2.75) is 0 Å². The lowest BCUT2D eigenvalue weighted by molar-refractivity contribution is 0.703. The zero-order valence-electron chi connectivity index (χ0n) is 8.26. The van der Waals surface area contributed by atoms with Crippen molar-refractivity contribution < 1.29 is 0 Å². The Balaban J connectivity index is 3.23. The molecule has 0 atom stereocenters. The van der Waals surface area contributed by atoms with Crippen molar-refractivity contribution in [2.24, 2.45) is 14.1 Å². The summed E-state index contributed by atoms with van der Waals surface area (Å²) in [6, 6.07) is 0. The van der Waals surface area contributed by atoms with E-state index in [9.17, 15) is 9.59 Å². The minimum Gasteiger partial charge on any atom is -0.397 e. The molecule has 2 aromatic heterocycles. The van der Waals surface area contributed by atoms with Crippen LogP contribution in [0.5, 0.6) is 0 Å². The van der Waals surface area contributed by atoms with E-state index in [1.54, 1.807) is 0 Å². The number of nitrogens with zero attached hydrogens (tertiary/aromatic N) is 4. The van der Waals surface area contributed by atoms with Gasteiger partial charge in [-0.05, 0) is 0 Å². The Morgan fingerprint density at radius 3 is 2.60 bits per heavy atom. The van der Waals surface area contributed by atoms with Crippen LogP contribution in [0.25, 0.3) is 11.0 Å². The quantitative estimate of drug-likeness (QED) is 0.573. The standard InChI is InChI=1S/C8H9N5O2/c1-12-6-5(4(9)3-10-11-6)7(14)13(2)8(12)15/h3H,1-2H3,(H2,9,11). The molecule has 0 aliphatic heterocycles. The predicted octanol–water partition coefficient (Wildman–Crippen LogP) is -1.39. The molecule has 0 aliphatic carbocycles. The predicted molar refractivity (Wildman–Crippen MR) is 54.4 cm³/mol. The molecule has 0 aromatic carbocycles. The molecule has 2 heterocycles. The van der Waals surface area contributed by atoms with Crippen LogP contribution >= 0.6 is 0 Å². The average molecular weight is 207 g/mol. The van der Waals surface area contributed by atoms with E-state index in [0.29, 0.717) is 0 Å². The number of fused-ring (bicyclic) bond motifs is 1. The van der Waals surface area contributed by atoms with Gasteiger partial charge in [0.2, 0.25) is 0 Å². The fourth-order valence-electron chi connectivity index (χ4n) is 1.41. The van der Waals surface area contributed by atoms with Crippen molar-refractivity contribution in [3.63, 3.8) is 0 Å². The summed E-state index contributed by atoms with van der Waals surface area (Å²) in [6.07, 6.45) is 1.29. The lowest BCUT2D eigenvalue weighted by Gasteiger charge is -2.06. The lowest BCUT2D eigenvalue weighted by atomic mass is 10.3. The first kappa shape index (κ1) is 9.38. The first-order chi connectivity index (χ1) is 7.04. The largest absolute Gasteiger partial charge is 0.397 e. The van der Waals surface area contributed by atoms with Crippen LogP contribution in [0.3, 0.4) is 0 Å². The van der Waals surface area contributed by atoms with E-state index < -0.39 is 11.2 Å². The molecule has 0 saturated carbocycles. The number of rotatable bonds is 0. The zero-order valence-corrected chi connectivity index (χ0v) is 8.26. The maximum atomic E-state index is 11.7. The van der Waals surface area contributed by atoms with Crippen LogP contribution in [-0.2, 0) is 14.1 Å². The zero-order chi connectivity index (χ0) is 11.2. The second kappa shape index (κ2) is 2.91. The Morgan fingerprint density at radius 1 is 1.27 bits per heavy atom. The van der Waals surface area contributed by atoms with Gasteiger partial charge in [0.15, 0.2) is 5.65 Å². The van der Waals surface area contributed by atoms with Crippen LogP contribution < -0.4 is 17.0 Å². The molecular formula is C8H9N5O2. The fraction of sp³-hybridized carbons (Fsp3) is 0.250. The van der Waals surface area contributed by atoms with Gasteiger partial charge in [-0.3, -0.25) is 13.9 Å². The molecule has 78 valence electrons. The third-order valence-corrected chi connectivity index (χ3v) is 2.27. The first-order valence-electron chi connectivity index (χ1n) is 4.21. The van der Waals surface area contributed by atoms with Gasteiger partial charge in [-0.1, -0.05) is 0 Å². The molecule has 0 bridgehead atoms. The van der Waals surface area contributed by atoms with Crippen molar-refractivity contribution in [3.8, 4) is 0 Å². The molecule has 0 aliphatic rings. The van der Waals surface area contributed by atoms with Gasteiger partial charge < -0.3 is 5.73 Å². The van der Waals surface area contributed by atoms with E-state index in [2.05, 4.69) is 10.2 Å². The van der Waals surface area contributed by atoms with Crippen molar-refractivity contribution in [3.05, 3.63) is 27.0 Å². The molecule has 2 aromatic rings. The Morgan fingerprint density at radius 2 is 1.93 bits per heavy atom. The monoisotopic (exact) mass is 207 g/mol. The molecule has 0 saturated heterocycles. The maximum absolute atomic E-state index is 11.7. The van der Waals surface area contributed by atoms with E-state index >= 15 is 0 Å². The van der Waals surface area contributed by atoms with E-state index in [4.69, 9.17) is 5.73 Å². The average Bonchev–Trinajstić information content (AvgIpc) is 2.23. The van der Waals surface area contributed by atoms with Crippen molar-refractivity contribution >= 4 is 16.7 Å². The third kappa shape index (κ3) is 1.13. The maximum Gasteiger partial charge on any atom is 0.332 e. The highest BCUT2D eigenvalue weighted by Crippen LogP contribution is 2.09. The van der Waals surface area contributed by atoms with Crippen molar-refractivity contribution in [1.82, 2.24) is 19.3 Å².